The van der Waals surface area contributed by atoms with Gasteiger partial charge in [-0.05, 0) is 44.4 Å². The van der Waals surface area contributed by atoms with Crippen LogP contribution in [-0.2, 0) is 23.8 Å². The van der Waals surface area contributed by atoms with Gasteiger partial charge in [-0.25, -0.2) is 14.0 Å². The molecular formula is C21H24FNO5. The predicted molar refractivity (Wildman–Crippen MR) is 99.6 cm³/mol. The molecule has 1 aromatic carbocycles. The van der Waals surface area contributed by atoms with E-state index in [0.29, 0.717) is 23.6 Å². The smallest absolute Gasteiger partial charge is 0.336 e. The van der Waals surface area contributed by atoms with Crippen LogP contribution in [0.15, 0.2) is 46.8 Å². The van der Waals surface area contributed by atoms with E-state index in [2.05, 4.69) is 5.32 Å². The number of allylic oxidation sites excluding steroid dienone is 2. The van der Waals surface area contributed by atoms with Gasteiger partial charge < -0.3 is 19.5 Å². The molecule has 0 aliphatic carbocycles. The Bertz CT molecular complexity index is 839. The van der Waals surface area contributed by atoms with Crippen molar-refractivity contribution in [2.45, 2.75) is 38.7 Å². The Morgan fingerprint density at radius 1 is 1.21 bits per heavy atom. The molecule has 0 amide bonds. The second-order valence-electron chi connectivity index (χ2n) is 6.92. The first-order chi connectivity index (χ1) is 13.4. The normalized spacial score (nSPS) is 22.1. The summed E-state index contributed by atoms with van der Waals surface area (Å²) >= 11 is 0. The molecule has 1 aromatic rings. The molecule has 2 heterocycles. The molecule has 28 heavy (non-hydrogen) atoms. The van der Waals surface area contributed by atoms with Gasteiger partial charge in [-0.2, -0.15) is 0 Å². The van der Waals surface area contributed by atoms with Gasteiger partial charge in [-0.1, -0.05) is 12.1 Å². The second-order valence-corrected chi connectivity index (χ2v) is 6.92. The van der Waals surface area contributed by atoms with Crippen molar-refractivity contribution in [2.75, 3.05) is 20.3 Å². The van der Waals surface area contributed by atoms with E-state index in [0.717, 1.165) is 12.8 Å². The summed E-state index contributed by atoms with van der Waals surface area (Å²) < 4.78 is 29.8. The predicted octanol–water partition coefficient (Wildman–Crippen LogP) is 2.96. The molecule has 2 aliphatic heterocycles. The third-order valence-corrected chi connectivity index (χ3v) is 4.99. The van der Waals surface area contributed by atoms with Gasteiger partial charge >= 0.3 is 11.9 Å². The summed E-state index contributed by atoms with van der Waals surface area (Å²) in [5, 5.41) is 3.05. The molecule has 2 atom stereocenters. The minimum absolute atomic E-state index is 0.119. The fourth-order valence-corrected chi connectivity index (χ4v) is 3.69. The number of hydrogen-bond donors (Lipinski definition) is 1. The van der Waals surface area contributed by atoms with Gasteiger partial charge in [0.1, 0.15) is 12.4 Å². The first-order valence-corrected chi connectivity index (χ1v) is 9.23. The summed E-state index contributed by atoms with van der Waals surface area (Å²) in [6, 6.07) is 5.84. The zero-order valence-corrected chi connectivity index (χ0v) is 16.2. The highest BCUT2D eigenvalue weighted by Crippen LogP contribution is 2.39. The highest BCUT2D eigenvalue weighted by Gasteiger charge is 2.38. The molecule has 0 saturated carbocycles. The number of carbonyl (C=O) groups excluding carboxylic acids is 2. The van der Waals surface area contributed by atoms with Gasteiger partial charge in [0, 0.05) is 18.0 Å². The summed E-state index contributed by atoms with van der Waals surface area (Å²) in [6.07, 6.45) is 1.65. The fraction of sp³-hybridized carbons (Fsp3) is 0.429. The third-order valence-electron chi connectivity index (χ3n) is 4.99. The van der Waals surface area contributed by atoms with E-state index in [1.165, 1.54) is 19.2 Å². The lowest BCUT2D eigenvalue weighted by Crippen LogP contribution is -2.33. The van der Waals surface area contributed by atoms with E-state index in [9.17, 15) is 14.0 Å². The quantitative estimate of drug-likeness (QED) is 0.781. The largest absolute Gasteiger partial charge is 0.466 e. The summed E-state index contributed by atoms with van der Waals surface area (Å²) in [4.78, 5) is 25.4. The van der Waals surface area contributed by atoms with Crippen LogP contribution in [0.4, 0.5) is 4.39 Å². The molecular weight excluding hydrogens is 365 g/mol. The SMILES string of the molecule is COC(=O)C1=C(C)NC(C)=C(C(=O)OCC2CCCO2)C1c1cccc(F)c1. The molecule has 0 aromatic heterocycles. The van der Waals surface area contributed by atoms with Crippen molar-refractivity contribution in [1.29, 1.82) is 0 Å². The van der Waals surface area contributed by atoms with Crippen LogP contribution >= 0.6 is 0 Å². The van der Waals surface area contributed by atoms with Gasteiger partial charge in [0.25, 0.3) is 0 Å². The van der Waals surface area contributed by atoms with Gasteiger partial charge in [-0.15, -0.1) is 0 Å². The Morgan fingerprint density at radius 2 is 1.93 bits per heavy atom. The monoisotopic (exact) mass is 389 g/mol. The lowest BCUT2D eigenvalue weighted by Gasteiger charge is -2.30. The fourth-order valence-electron chi connectivity index (χ4n) is 3.69. The number of halogens is 1. The zero-order chi connectivity index (χ0) is 20.3. The summed E-state index contributed by atoms with van der Waals surface area (Å²) in [5.74, 6) is -2.40. The number of ether oxygens (including phenoxy) is 3. The molecule has 2 unspecified atom stereocenters. The molecule has 1 saturated heterocycles. The molecule has 0 radical (unpaired) electrons. The third kappa shape index (κ3) is 4.09. The maximum Gasteiger partial charge on any atom is 0.336 e. The Labute approximate surface area is 163 Å². The standard InChI is InChI=1S/C21H24FNO5/c1-12-17(20(24)26-3)19(14-6-4-7-15(22)10-14)18(13(2)23-12)21(25)28-11-16-8-5-9-27-16/h4,6-7,10,16,19,23H,5,8-9,11H2,1-3H3. The minimum Gasteiger partial charge on any atom is -0.466 e. The molecule has 150 valence electrons. The molecule has 0 bridgehead atoms. The van der Waals surface area contributed by atoms with Crippen LogP contribution in [0.5, 0.6) is 0 Å². The zero-order valence-electron chi connectivity index (χ0n) is 16.2. The van der Waals surface area contributed by atoms with E-state index < -0.39 is 23.7 Å². The van der Waals surface area contributed by atoms with Gasteiger partial charge in [0.15, 0.2) is 0 Å². The Balaban J connectivity index is 1.98. The minimum atomic E-state index is -0.790. The number of nitrogens with one attached hydrogen (secondary N) is 1. The Hall–Kier alpha value is -2.67. The molecule has 2 aliphatic rings. The number of hydrogen-bond acceptors (Lipinski definition) is 6. The van der Waals surface area contributed by atoms with Crippen LogP contribution in [-0.4, -0.2) is 38.4 Å². The summed E-state index contributed by atoms with van der Waals surface area (Å²) in [7, 11) is 1.27. The number of carbonyl (C=O) groups is 2. The first kappa shape index (κ1) is 20.1. The highest BCUT2D eigenvalue weighted by atomic mass is 19.1. The lowest BCUT2D eigenvalue weighted by molar-refractivity contribution is -0.142. The molecule has 7 heteroatoms. The molecule has 6 nitrogen and oxygen atoms in total. The average Bonchev–Trinajstić information content (AvgIpc) is 3.18. The van der Waals surface area contributed by atoms with Crippen LogP contribution < -0.4 is 5.32 Å². The topological polar surface area (TPSA) is 73.9 Å². The van der Waals surface area contributed by atoms with Crippen molar-refractivity contribution >= 4 is 11.9 Å². The summed E-state index contributed by atoms with van der Waals surface area (Å²) in [5.41, 5.74) is 2.09. The van der Waals surface area contributed by atoms with E-state index in [4.69, 9.17) is 14.2 Å². The number of benzene rings is 1. The maximum absolute atomic E-state index is 13.9. The van der Waals surface area contributed by atoms with Crippen molar-refractivity contribution in [3.8, 4) is 0 Å². The van der Waals surface area contributed by atoms with Crippen molar-refractivity contribution in [3.63, 3.8) is 0 Å². The van der Waals surface area contributed by atoms with Crippen LogP contribution in [0.1, 0.15) is 38.2 Å². The van der Waals surface area contributed by atoms with Crippen molar-refractivity contribution in [3.05, 3.63) is 58.2 Å². The molecule has 1 fully saturated rings. The van der Waals surface area contributed by atoms with Crippen LogP contribution in [0.2, 0.25) is 0 Å². The Morgan fingerprint density at radius 3 is 2.54 bits per heavy atom. The van der Waals surface area contributed by atoms with Gasteiger partial charge in [-0.3, -0.25) is 0 Å². The van der Waals surface area contributed by atoms with E-state index in [1.807, 2.05) is 0 Å². The molecule has 1 N–H and O–H groups in total. The second kappa shape index (κ2) is 8.56. The van der Waals surface area contributed by atoms with Gasteiger partial charge in [0.2, 0.25) is 0 Å². The molecule has 3 rings (SSSR count). The Kier molecular flexibility index (Phi) is 6.14. The number of rotatable bonds is 5. The summed E-state index contributed by atoms with van der Waals surface area (Å²) in [6.45, 7) is 4.25. The van der Waals surface area contributed by atoms with E-state index in [-0.39, 0.29) is 23.9 Å². The van der Waals surface area contributed by atoms with Crippen LogP contribution in [0, 0.1) is 5.82 Å². The maximum atomic E-state index is 13.9. The number of dihydropyridines is 1. The van der Waals surface area contributed by atoms with Crippen LogP contribution in [0.25, 0.3) is 0 Å². The number of methoxy groups -OCH3 is 1. The first-order valence-electron chi connectivity index (χ1n) is 9.23. The molecule has 0 spiro atoms. The van der Waals surface area contributed by atoms with Crippen molar-refractivity contribution in [2.24, 2.45) is 0 Å². The average molecular weight is 389 g/mol. The van der Waals surface area contributed by atoms with Crippen molar-refractivity contribution in [1.82, 2.24) is 5.32 Å². The number of esters is 2. The highest BCUT2D eigenvalue weighted by molar-refractivity contribution is 5.99. The van der Waals surface area contributed by atoms with E-state index in [1.54, 1.807) is 26.0 Å². The lowest BCUT2D eigenvalue weighted by atomic mass is 9.80. The van der Waals surface area contributed by atoms with Crippen molar-refractivity contribution < 1.29 is 28.2 Å². The van der Waals surface area contributed by atoms with E-state index >= 15 is 0 Å². The van der Waals surface area contributed by atoms with Crippen LogP contribution in [0.3, 0.4) is 0 Å². The van der Waals surface area contributed by atoms with Gasteiger partial charge in [0.05, 0.1) is 30.3 Å².